The summed E-state index contributed by atoms with van der Waals surface area (Å²) in [5.41, 5.74) is 1.03. The number of halogens is 1. The highest BCUT2D eigenvalue weighted by molar-refractivity contribution is 5.74. The number of carboxylic acid groups (broad SMARTS) is 1. The van der Waals surface area contributed by atoms with Gasteiger partial charge in [0, 0.05) is 23.4 Å². The minimum absolute atomic E-state index is 0.167. The summed E-state index contributed by atoms with van der Waals surface area (Å²) in [6, 6.07) is 4.99. The molecule has 0 spiro atoms. The first-order valence-corrected chi connectivity index (χ1v) is 5.86. The molecule has 2 aromatic rings. The van der Waals surface area contributed by atoms with E-state index >= 15 is 0 Å². The summed E-state index contributed by atoms with van der Waals surface area (Å²) < 4.78 is 29.5. The maximum absolute atomic E-state index is 13.8. The molecule has 0 bridgehead atoms. The SMILES string of the molecule is COc1cc2c(cc1-c1ccncc1F)OCO2.O=CO. The molecule has 1 aliphatic heterocycles. The molecule has 2 heterocycles. The number of hydrogen-bond acceptors (Lipinski definition) is 5. The zero-order valence-corrected chi connectivity index (χ0v) is 11.1. The first kappa shape index (κ1) is 14.6. The summed E-state index contributed by atoms with van der Waals surface area (Å²) in [5.74, 6) is 1.31. The van der Waals surface area contributed by atoms with Crippen LogP contribution in [0.3, 0.4) is 0 Å². The average molecular weight is 293 g/mol. The van der Waals surface area contributed by atoms with E-state index in [1.54, 1.807) is 18.2 Å². The van der Waals surface area contributed by atoms with Crippen LogP contribution in [0.2, 0.25) is 0 Å². The van der Waals surface area contributed by atoms with Crippen molar-refractivity contribution in [2.75, 3.05) is 13.9 Å². The summed E-state index contributed by atoms with van der Waals surface area (Å²) in [4.78, 5) is 12.1. The molecule has 0 atom stereocenters. The Morgan fingerprint density at radius 2 is 2.00 bits per heavy atom. The lowest BCUT2D eigenvalue weighted by atomic mass is 10.0. The maximum Gasteiger partial charge on any atom is 0.290 e. The monoisotopic (exact) mass is 293 g/mol. The highest BCUT2D eigenvalue weighted by Gasteiger charge is 2.20. The molecule has 0 saturated carbocycles. The Morgan fingerprint density at radius 3 is 2.62 bits per heavy atom. The fraction of sp³-hybridized carbons (Fsp3) is 0.143. The molecule has 0 fully saturated rings. The summed E-state index contributed by atoms with van der Waals surface area (Å²) >= 11 is 0. The minimum atomic E-state index is -0.408. The Labute approximate surface area is 119 Å². The molecule has 0 unspecified atom stereocenters. The van der Waals surface area contributed by atoms with E-state index in [0.717, 1.165) is 0 Å². The normalized spacial score (nSPS) is 11.3. The number of rotatable bonds is 2. The lowest BCUT2D eigenvalue weighted by Gasteiger charge is -2.10. The summed E-state index contributed by atoms with van der Waals surface area (Å²) in [7, 11) is 1.53. The molecular formula is C14H12FNO5. The molecule has 0 amide bonds. The topological polar surface area (TPSA) is 77.9 Å². The Balaban J connectivity index is 0.000000497. The predicted molar refractivity (Wildman–Crippen MR) is 71.0 cm³/mol. The van der Waals surface area contributed by atoms with Crippen LogP contribution in [0.25, 0.3) is 11.1 Å². The number of hydrogen-bond donors (Lipinski definition) is 1. The van der Waals surface area contributed by atoms with Gasteiger partial charge in [0.15, 0.2) is 11.5 Å². The van der Waals surface area contributed by atoms with Crippen LogP contribution in [0.4, 0.5) is 4.39 Å². The van der Waals surface area contributed by atoms with Gasteiger partial charge in [-0.05, 0) is 12.1 Å². The molecule has 0 radical (unpaired) electrons. The van der Waals surface area contributed by atoms with Gasteiger partial charge in [-0.2, -0.15) is 0 Å². The number of ether oxygens (including phenoxy) is 3. The largest absolute Gasteiger partial charge is 0.496 e. The lowest BCUT2D eigenvalue weighted by molar-refractivity contribution is -0.122. The van der Waals surface area contributed by atoms with Crippen molar-refractivity contribution in [1.82, 2.24) is 4.98 Å². The van der Waals surface area contributed by atoms with E-state index in [-0.39, 0.29) is 13.3 Å². The third kappa shape index (κ3) is 3.02. The second kappa shape index (κ2) is 6.56. The number of pyridine rings is 1. The van der Waals surface area contributed by atoms with E-state index < -0.39 is 5.82 Å². The number of fused-ring (bicyclic) bond motifs is 1. The van der Waals surface area contributed by atoms with Crippen LogP contribution in [0.5, 0.6) is 17.2 Å². The van der Waals surface area contributed by atoms with Gasteiger partial charge in [-0.25, -0.2) is 4.39 Å². The minimum Gasteiger partial charge on any atom is -0.496 e. The van der Waals surface area contributed by atoms with Gasteiger partial charge in [-0.1, -0.05) is 0 Å². The van der Waals surface area contributed by atoms with E-state index in [9.17, 15) is 4.39 Å². The molecular weight excluding hydrogens is 281 g/mol. The van der Waals surface area contributed by atoms with Crippen molar-refractivity contribution in [3.05, 3.63) is 36.4 Å². The van der Waals surface area contributed by atoms with Crippen LogP contribution < -0.4 is 14.2 Å². The quantitative estimate of drug-likeness (QED) is 0.856. The van der Waals surface area contributed by atoms with Crippen LogP contribution in [0.15, 0.2) is 30.6 Å². The number of aromatic nitrogens is 1. The van der Waals surface area contributed by atoms with E-state index in [2.05, 4.69) is 4.98 Å². The van der Waals surface area contributed by atoms with Gasteiger partial charge in [0.05, 0.1) is 13.3 Å². The van der Waals surface area contributed by atoms with Gasteiger partial charge >= 0.3 is 0 Å². The fourth-order valence-corrected chi connectivity index (χ4v) is 1.90. The summed E-state index contributed by atoms with van der Waals surface area (Å²) in [6.07, 6.45) is 2.70. The highest BCUT2D eigenvalue weighted by atomic mass is 19.1. The maximum atomic E-state index is 13.8. The zero-order valence-electron chi connectivity index (χ0n) is 11.1. The van der Waals surface area contributed by atoms with Crippen LogP contribution in [-0.4, -0.2) is 30.5 Å². The van der Waals surface area contributed by atoms with Crippen molar-refractivity contribution in [2.45, 2.75) is 0 Å². The van der Waals surface area contributed by atoms with Crippen LogP contribution in [0.1, 0.15) is 0 Å². The average Bonchev–Trinajstić information content (AvgIpc) is 2.94. The molecule has 21 heavy (non-hydrogen) atoms. The van der Waals surface area contributed by atoms with Crippen molar-refractivity contribution in [1.29, 1.82) is 0 Å². The second-order valence-corrected chi connectivity index (χ2v) is 3.87. The standard InChI is InChI=1S/C13H10FNO3.CH2O2/c1-16-11-5-13-12(17-7-18-13)4-9(11)8-2-3-15-6-10(8)14;2-1-3/h2-6H,7H2,1H3;1H,(H,2,3). The first-order valence-electron chi connectivity index (χ1n) is 5.86. The van der Waals surface area contributed by atoms with Crippen molar-refractivity contribution in [2.24, 2.45) is 0 Å². The Morgan fingerprint density at radius 1 is 1.33 bits per heavy atom. The van der Waals surface area contributed by atoms with Gasteiger partial charge in [0.2, 0.25) is 6.79 Å². The molecule has 1 aromatic heterocycles. The number of benzene rings is 1. The van der Waals surface area contributed by atoms with Gasteiger partial charge in [-0.15, -0.1) is 0 Å². The Bertz CT molecular complexity index is 647. The zero-order chi connectivity index (χ0) is 15.2. The summed E-state index contributed by atoms with van der Waals surface area (Å²) in [5, 5.41) is 6.89. The molecule has 1 N–H and O–H groups in total. The molecule has 0 saturated heterocycles. The molecule has 7 heteroatoms. The van der Waals surface area contributed by atoms with E-state index in [4.69, 9.17) is 24.1 Å². The molecule has 1 aliphatic rings. The molecule has 6 nitrogen and oxygen atoms in total. The first-order chi connectivity index (χ1) is 10.2. The van der Waals surface area contributed by atoms with Crippen LogP contribution in [0, 0.1) is 5.82 Å². The van der Waals surface area contributed by atoms with Crippen molar-refractivity contribution in [3.63, 3.8) is 0 Å². The fourth-order valence-electron chi connectivity index (χ4n) is 1.90. The number of nitrogens with zero attached hydrogens (tertiary/aromatic N) is 1. The smallest absolute Gasteiger partial charge is 0.290 e. The van der Waals surface area contributed by atoms with Crippen LogP contribution >= 0.6 is 0 Å². The van der Waals surface area contributed by atoms with Crippen molar-refractivity contribution < 1.29 is 28.5 Å². The van der Waals surface area contributed by atoms with Gasteiger partial charge in [0.25, 0.3) is 6.47 Å². The van der Waals surface area contributed by atoms with E-state index in [1.807, 2.05) is 0 Å². The van der Waals surface area contributed by atoms with E-state index in [1.165, 1.54) is 19.5 Å². The Hall–Kier alpha value is -2.83. The van der Waals surface area contributed by atoms with Crippen LogP contribution in [-0.2, 0) is 4.79 Å². The third-order valence-corrected chi connectivity index (χ3v) is 2.76. The predicted octanol–water partition coefficient (Wildman–Crippen LogP) is 2.33. The molecule has 110 valence electrons. The number of carbonyl (C=O) groups is 1. The van der Waals surface area contributed by atoms with E-state index in [0.29, 0.717) is 28.4 Å². The second-order valence-electron chi connectivity index (χ2n) is 3.87. The van der Waals surface area contributed by atoms with Crippen molar-refractivity contribution >= 4 is 6.47 Å². The third-order valence-electron chi connectivity index (χ3n) is 2.76. The molecule has 0 aliphatic carbocycles. The van der Waals surface area contributed by atoms with Crippen molar-refractivity contribution in [3.8, 4) is 28.4 Å². The number of methoxy groups -OCH3 is 1. The van der Waals surface area contributed by atoms with Gasteiger partial charge in [-0.3, -0.25) is 9.78 Å². The summed E-state index contributed by atoms with van der Waals surface area (Å²) in [6.45, 7) is -0.0826. The highest BCUT2D eigenvalue weighted by Crippen LogP contribution is 2.42. The van der Waals surface area contributed by atoms with Gasteiger partial charge < -0.3 is 19.3 Å². The molecule has 3 rings (SSSR count). The lowest BCUT2D eigenvalue weighted by Crippen LogP contribution is -1.92. The Kier molecular flexibility index (Phi) is 4.55. The molecule has 1 aromatic carbocycles. The van der Waals surface area contributed by atoms with Gasteiger partial charge in [0.1, 0.15) is 11.6 Å².